The van der Waals surface area contributed by atoms with Gasteiger partial charge in [0.2, 0.25) is 0 Å². The Balaban J connectivity index is 1.91. The fraction of sp³-hybridized carbons (Fsp3) is 0.0417. The van der Waals surface area contributed by atoms with E-state index in [0.717, 1.165) is 17.7 Å². The van der Waals surface area contributed by atoms with Crippen LogP contribution in [0.25, 0.3) is 22.5 Å². The van der Waals surface area contributed by atoms with Crippen molar-refractivity contribution in [2.45, 2.75) is 6.18 Å². The van der Waals surface area contributed by atoms with Crippen LogP contribution in [-0.4, -0.2) is 20.8 Å². The predicted octanol–water partition coefficient (Wildman–Crippen LogP) is 5.25. The summed E-state index contributed by atoms with van der Waals surface area (Å²) in [6.07, 6.45) is -4.48. The molecule has 4 rings (SSSR count). The van der Waals surface area contributed by atoms with Crippen molar-refractivity contribution in [2.75, 3.05) is 0 Å². The standard InChI is InChI=1S/C24H17F3N4O/c25-24(26,27)18-8-4-7-17(13-18)21-14-20(15-5-2-1-3-6-15)29-23(30-21)22(31-28)16-9-11-19(32)12-10-16/h1-14,32H,28H2. The maximum atomic E-state index is 13.3. The van der Waals surface area contributed by atoms with Crippen LogP contribution in [0.15, 0.2) is 90.0 Å². The summed E-state index contributed by atoms with van der Waals surface area (Å²) in [7, 11) is 0. The number of nitrogens with zero attached hydrogens (tertiary/aromatic N) is 3. The van der Waals surface area contributed by atoms with E-state index in [1.807, 2.05) is 30.3 Å². The monoisotopic (exact) mass is 434 g/mol. The minimum absolute atomic E-state index is 0.0636. The highest BCUT2D eigenvalue weighted by atomic mass is 19.4. The molecule has 0 fully saturated rings. The molecule has 0 unspecified atom stereocenters. The Morgan fingerprint density at radius 1 is 0.781 bits per heavy atom. The second-order valence-electron chi connectivity index (χ2n) is 6.93. The molecule has 4 aromatic rings. The SMILES string of the molecule is NN=C(c1ccc(O)cc1)c1nc(-c2ccccc2)cc(-c2cccc(C(F)(F)F)c2)n1. The van der Waals surface area contributed by atoms with Crippen molar-refractivity contribution < 1.29 is 18.3 Å². The van der Waals surface area contributed by atoms with Gasteiger partial charge in [0.05, 0.1) is 17.0 Å². The largest absolute Gasteiger partial charge is 0.508 e. The average Bonchev–Trinajstić information content (AvgIpc) is 2.81. The summed E-state index contributed by atoms with van der Waals surface area (Å²) in [4.78, 5) is 9.03. The van der Waals surface area contributed by atoms with Gasteiger partial charge in [0.25, 0.3) is 0 Å². The Kier molecular flexibility index (Phi) is 5.59. The van der Waals surface area contributed by atoms with Crippen LogP contribution in [-0.2, 0) is 6.18 Å². The molecule has 5 nitrogen and oxygen atoms in total. The molecule has 160 valence electrons. The molecule has 0 saturated carbocycles. The smallest absolute Gasteiger partial charge is 0.416 e. The van der Waals surface area contributed by atoms with Crippen molar-refractivity contribution in [2.24, 2.45) is 10.9 Å². The average molecular weight is 434 g/mol. The Bertz CT molecular complexity index is 1270. The number of aromatic nitrogens is 2. The van der Waals surface area contributed by atoms with Gasteiger partial charge in [-0.15, -0.1) is 0 Å². The normalized spacial score (nSPS) is 12.0. The van der Waals surface area contributed by atoms with E-state index >= 15 is 0 Å². The fourth-order valence-corrected chi connectivity index (χ4v) is 3.19. The summed E-state index contributed by atoms with van der Waals surface area (Å²) in [6, 6.07) is 21.9. The van der Waals surface area contributed by atoms with Crippen LogP contribution in [0.1, 0.15) is 17.0 Å². The first-order chi connectivity index (χ1) is 15.3. The fourth-order valence-electron chi connectivity index (χ4n) is 3.19. The third-order valence-electron chi connectivity index (χ3n) is 4.76. The van der Waals surface area contributed by atoms with E-state index in [-0.39, 0.29) is 22.8 Å². The molecule has 0 aliphatic carbocycles. The Morgan fingerprint density at radius 3 is 2.03 bits per heavy atom. The van der Waals surface area contributed by atoms with Gasteiger partial charge >= 0.3 is 6.18 Å². The molecular weight excluding hydrogens is 417 g/mol. The summed E-state index contributed by atoms with van der Waals surface area (Å²) < 4.78 is 39.8. The van der Waals surface area contributed by atoms with Crippen molar-refractivity contribution >= 4 is 5.71 Å². The van der Waals surface area contributed by atoms with Crippen molar-refractivity contribution in [1.29, 1.82) is 0 Å². The zero-order chi connectivity index (χ0) is 22.7. The Labute approximate surface area is 181 Å². The number of phenolic OH excluding ortho intramolecular Hbond substituents is 1. The first-order valence-corrected chi connectivity index (χ1v) is 9.55. The first-order valence-electron chi connectivity index (χ1n) is 9.55. The van der Waals surface area contributed by atoms with Gasteiger partial charge in [0, 0.05) is 16.7 Å². The van der Waals surface area contributed by atoms with Gasteiger partial charge in [-0.1, -0.05) is 42.5 Å². The van der Waals surface area contributed by atoms with E-state index in [1.165, 1.54) is 18.2 Å². The molecule has 3 N–H and O–H groups in total. The minimum Gasteiger partial charge on any atom is -0.508 e. The summed E-state index contributed by atoms with van der Waals surface area (Å²) in [5.74, 6) is 5.84. The number of alkyl halides is 3. The molecule has 0 saturated heterocycles. The van der Waals surface area contributed by atoms with E-state index < -0.39 is 11.7 Å². The van der Waals surface area contributed by atoms with E-state index in [1.54, 1.807) is 24.3 Å². The van der Waals surface area contributed by atoms with Crippen LogP contribution in [0, 0.1) is 0 Å². The Morgan fingerprint density at radius 2 is 1.41 bits per heavy atom. The lowest BCUT2D eigenvalue weighted by atomic mass is 10.0. The molecule has 1 heterocycles. The molecule has 8 heteroatoms. The predicted molar refractivity (Wildman–Crippen MR) is 116 cm³/mol. The third-order valence-corrected chi connectivity index (χ3v) is 4.76. The van der Waals surface area contributed by atoms with Crippen LogP contribution in [0.3, 0.4) is 0 Å². The number of nitrogens with two attached hydrogens (primary N) is 1. The van der Waals surface area contributed by atoms with Crippen molar-refractivity contribution in [3.05, 3.63) is 102 Å². The maximum Gasteiger partial charge on any atom is 0.416 e. The van der Waals surface area contributed by atoms with E-state index in [9.17, 15) is 18.3 Å². The lowest BCUT2D eigenvalue weighted by Crippen LogP contribution is -2.12. The molecule has 3 aromatic carbocycles. The second kappa shape index (κ2) is 8.50. The summed E-state index contributed by atoms with van der Waals surface area (Å²) >= 11 is 0. The molecule has 0 aliphatic rings. The quantitative estimate of drug-likeness (QED) is 0.261. The highest BCUT2D eigenvalue weighted by Crippen LogP contribution is 2.32. The molecule has 1 aromatic heterocycles. The topological polar surface area (TPSA) is 84.4 Å². The number of hydrogen-bond donors (Lipinski definition) is 2. The number of benzene rings is 3. The number of phenols is 1. The molecular formula is C24H17F3N4O. The summed E-state index contributed by atoms with van der Waals surface area (Å²) in [6.45, 7) is 0. The second-order valence-corrected chi connectivity index (χ2v) is 6.93. The van der Waals surface area contributed by atoms with Crippen molar-refractivity contribution in [3.8, 4) is 28.3 Å². The summed E-state index contributed by atoms with van der Waals surface area (Å²) in [5, 5.41) is 13.4. The Hall–Kier alpha value is -4.20. The molecule has 0 spiro atoms. The highest BCUT2D eigenvalue weighted by molar-refractivity contribution is 6.10. The van der Waals surface area contributed by atoms with Crippen LogP contribution in [0.2, 0.25) is 0 Å². The van der Waals surface area contributed by atoms with Crippen LogP contribution < -0.4 is 5.84 Å². The zero-order valence-electron chi connectivity index (χ0n) is 16.6. The molecule has 0 aliphatic heterocycles. The minimum atomic E-state index is -4.48. The summed E-state index contributed by atoms with van der Waals surface area (Å²) in [5.41, 5.74) is 1.83. The molecule has 0 bridgehead atoms. The van der Waals surface area contributed by atoms with Gasteiger partial charge in [0.1, 0.15) is 11.5 Å². The van der Waals surface area contributed by atoms with E-state index in [0.29, 0.717) is 17.0 Å². The van der Waals surface area contributed by atoms with Gasteiger partial charge in [-0.3, -0.25) is 0 Å². The first kappa shape index (κ1) is 21.0. The van der Waals surface area contributed by atoms with Gasteiger partial charge in [-0.2, -0.15) is 18.3 Å². The number of halogens is 3. The number of hydrogen-bond acceptors (Lipinski definition) is 5. The number of aromatic hydroxyl groups is 1. The van der Waals surface area contributed by atoms with Crippen LogP contribution >= 0.6 is 0 Å². The highest BCUT2D eigenvalue weighted by Gasteiger charge is 2.30. The molecule has 0 atom stereocenters. The number of hydrazone groups is 1. The molecule has 0 radical (unpaired) electrons. The number of rotatable bonds is 4. The lowest BCUT2D eigenvalue weighted by Gasteiger charge is -2.12. The van der Waals surface area contributed by atoms with Gasteiger partial charge in [-0.25, -0.2) is 9.97 Å². The molecule has 0 amide bonds. The van der Waals surface area contributed by atoms with Crippen LogP contribution in [0.4, 0.5) is 13.2 Å². The van der Waals surface area contributed by atoms with E-state index in [2.05, 4.69) is 15.1 Å². The molecule has 32 heavy (non-hydrogen) atoms. The van der Waals surface area contributed by atoms with Crippen molar-refractivity contribution in [3.63, 3.8) is 0 Å². The van der Waals surface area contributed by atoms with Gasteiger partial charge in [0.15, 0.2) is 5.82 Å². The zero-order valence-corrected chi connectivity index (χ0v) is 16.6. The van der Waals surface area contributed by atoms with E-state index in [4.69, 9.17) is 5.84 Å². The van der Waals surface area contributed by atoms with Crippen LogP contribution in [0.5, 0.6) is 5.75 Å². The third kappa shape index (κ3) is 4.44. The van der Waals surface area contributed by atoms with Gasteiger partial charge in [-0.05, 0) is 42.5 Å². The van der Waals surface area contributed by atoms with Crippen molar-refractivity contribution in [1.82, 2.24) is 9.97 Å². The lowest BCUT2D eigenvalue weighted by molar-refractivity contribution is -0.137. The maximum absolute atomic E-state index is 13.3. The van der Waals surface area contributed by atoms with Gasteiger partial charge < -0.3 is 10.9 Å².